The van der Waals surface area contributed by atoms with E-state index in [-0.39, 0.29) is 50.9 Å². The Morgan fingerprint density at radius 3 is 2.17 bits per heavy atom. The Balaban J connectivity index is 1.41. The van der Waals surface area contributed by atoms with Crippen LogP contribution in [0.25, 0.3) is 0 Å². The van der Waals surface area contributed by atoms with E-state index in [4.69, 9.17) is 23.5 Å². The summed E-state index contributed by atoms with van der Waals surface area (Å²) < 4.78 is 44.8. The molecule has 0 bridgehead atoms. The van der Waals surface area contributed by atoms with E-state index in [1.807, 2.05) is 7.05 Å². The lowest BCUT2D eigenvalue weighted by Crippen LogP contribution is -2.33. The normalized spacial score (nSPS) is 26.1. The minimum absolute atomic E-state index is 0.113. The molecule has 8 atom stereocenters. The van der Waals surface area contributed by atoms with E-state index in [1.54, 1.807) is 6.92 Å². The zero-order valence-electron chi connectivity index (χ0n) is 27.2. The number of nitrogens with zero attached hydrogens (tertiary/aromatic N) is 2. The molecule has 0 aliphatic carbocycles. The Bertz CT molecular complexity index is 1640. The summed E-state index contributed by atoms with van der Waals surface area (Å²) in [4.78, 5) is 64.1. The molecule has 2 fully saturated rings. The number of aromatic amines is 2. The molecule has 4 rings (SSSR count). The predicted octanol–water partition coefficient (Wildman–Crippen LogP) is -0.801. The molecule has 2 aromatic heterocycles. The Hall–Kier alpha value is -2.77. The van der Waals surface area contributed by atoms with Gasteiger partial charge in [0.1, 0.15) is 25.4 Å². The largest absolute Gasteiger partial charge is 0.396 e. The van der Waals surface area contributed by atoms with Crippen LogP contribution in [-0.4, -0.2) is 105 Å². The van der Waals surface area contributed by atoms with Crippen LogP contribution in [0.2, 0.25) is 0 Å². The average molecular weight is 704 g/mol. The molecule has 6 N–H and O–H groups in total. The third kappa shape index (κ3) is 9.47. The lowest BCUT2D eigenvalue weighted by atomic mass is 10.0. The van der Waals surface area contributed by atoms with Crippen LogP contribution in [0.15, 0.2) is 31.6 Å². The molecule has 0 radical (unpaired) electrons. The summed E-state index contributed by atoms with van der Waals surface area (Å²) in [5.41, 5.74) is -3.10. The van der Waals surface area contributed by atoms with E-state index in [0.29, 0.717) is 12.0 Å². The predicted molar refractivity (Wildman–Crippen MR) is 170 cm³/mol. The van der Waals surface area contributed by atoms with Gasteiger partial charge in [-0.15, -0.1) is 0 Å². The number of aromatic nitrogens is 4. The summed E-state index contributed by atoms with van der Waals surface area (Å²) in [7, 11) is -2.57. The number of ether oxygens (including phenoxy) is 4. The first-order valence-electron chi connectivity index (χ1n) is 15.9. The van der Waals surface area contributed by atoms with Crippen molar-refractivity contribution in [1.29, 1.82) is 0 Å². The highest BCUT2D eigenvalue weighted by molar-refractivity contribution is 7.53. The third-order valence-corrected chi connectivity index (χ3v) is 10.5. The SMILES string of the molecule is CNCCCCC(CO)COP(=O)(O)C1CC(n2cc(C)c(=O)[nH]c2=O)OC1COCOC1CC(n2cc(C)c(=O)[nH]c2=O)OC1CO. The van der Waals surface area contributed by atoms with Gasteiger partial charge < -0.3 is 43.9 Å². The van der Waals surface area contributed by atoms with Gasteiger partial charge in [-0.3, -0.25) is 33.3 Å². The van der Waals surface area contributed by atoms with Crippen molar-refractivity contribution in [2.75, 3.05) is 46.8 Å². The first-order chi connectivity index (χ1) is 22.9. The van der Waals surface area contributed by atoms with Crippen LogP contribution in [0, 0.1) is 19.8 Å². The van der Waals surface area contributed by atoms with Crippen molar-refractivity contribution in [2.24, 2.45) is 5.92 Å². The molecule has 0 aromatic carbocycles. The number of rotatable bonds is 18. The van der Waals surface area contributed by atoms with Gasteiger partial charge >= 0.3 is 19.0 Å². The molecule has 2 aliphatic rings. The summed E-state index contributed by atoms with van der Waals surface area (Å²) in [5, 5.41) is 22.7. The molecule has 2 saturated heterocycles. The summed E-state index contributed by atoms with van der Waals surface area (Å²) in [6.07, 6.45) is 0.575. The molecular formula is C29H46N5O13P. The van der Waals surface area contributed by atoms with Gasteiger partial charge in [0.25, 0.3) is 11.1 Å². The number of hydrogen-bond donors (Lipinski definition) is 6. The number of nitrogens with one attached hydrogen (secondary N) is 3. The first kappa shape index (κ1) is 38.0. The van der Waals surface area contributed by atoms with Crippen LogP contribution >= 0.6 is 7.60 Å². The zero-order valence-corrected chi connectivity index (χ0v) is 28.1. The zero-order chi connectivity index (χ0) is 35.0. The Kier molecular flexibility index (Phi) is 13.7. The van der Waals surface area contributed by atoms with Crippen molar-refractivity contribution in [3.8, 4) is 0 Å². The van der Waals surface area contributed by atoms with Crippen molar-refractivity contribution < 1.29 is 43.1 Å². The fraction of sp³-hybridized carbons (Fsp3) is 0.724. The van der Waals surface area contributed by atoms with Gasteiger partial charge in [0.2, 0.25) is 0 Å². The van der Waals surface area contributed by atoms with Crippen molar-refractivity contribution in [1.82, 2.24) is 24.4 Å². The fourth-order valence-electron chi connectivity index (χ4n) is 5.76. The Morgan fingerprint density at radius 2 is 1.58 bits per heavy atom. The lowest BCUT2D eigenvalue weighted by molar-refractivity contribution is -0.136. The van der Waals surface area contributed by atoms with Gasteiger partial charge in [0, 0.05) is 48.9 Å². The smallest absolute Gasteiger partial charge is 0.334 e. The van der Waals surface area contributed by atoms with Gasteiger partial charge in [0.15, 0.2) is 0 Å². The topological polar surface area (TPSA) is 246 Å². The van der Waals surface area contributed by atoms with Crippen LogP contribution < -0.4 is 27.8 Å². The number of aryl methyl sites for hydroxylation is 2. The second-order valence-electron chi connectivity index (χ2n) is 12.1. The molecule has 19 heteroatoms. The molecular weight excluding hydrogens is 657 g/mol. The van der Waals surface area contributed by atoms with Crippen molar-refractivity contribution in [2.45, 2.75) is 82.4 Å². The third-order valence-electron chi connectivity index (χ3n) is 8.59. The molecule has 48 heavy (non-hydrogen) atoms. The minimum Gasteiger partial charge on any atom is -0.396 e. The number of aliphatic hydroxyl groups excluding tert-OH is 2. The average Bonchev–Trinajstić information content (AvgIpc) is 3.67. The van der Waals surface area contributed by atoms with Crippen LogP contribution in [0.1, 0.15) is 55.7 Å². The number of H-pyrrole nitrogens is 2. The molecule has 4 heterocycles. The maximum absolute atomic E-state index is 13.6. The van der Waals surface area contributed by atoms with Crippen molar-refractivity contribution >= 4 is 7.60 Å². The van der Waals surface area contributed by atoms with Crippen LogP contribution in [0.5, 0.6) is 0 Å². The molecule has 2 aromatic rings. The highest BCUT2D eigenvalue weighted by Crippen LogP contribution is 2.55. The summed E-state index contributed by atoms with van der Waals surface area (Å²) in [6.45, 7) is 2.45. The summed E-state index contributed by atoms with van der Waals surface area (Å²) in [6, 6.07) is 0. The number of hydrogen-bond acceptors (Lipinski definition) is 13. The van der Waals surface area contributed by atoms with Crippen molar-refractivity contribution in [3.63, 3.8) is 0 Å². The van der Waals surface area contributed by atoms with Crippen LogP contribution in [-0.2, 0) is 28.0 Å². The minimum atomic E-state index is -4.41. The Morgan fingerprint density at radius 1 is 0.979 bits per heavy atom. The van der Waals surface area contributed by atoms with E-state index in [9.17, 15) is 38.8 Å². The van der Waals surface area contributed by atoms with Gasteiger partial charge in [-0.25, -0.2) is 9.59 Å². The maximum Gasteiger partial charge on any atom is 0.334 e. The summed E-state index contributed by atoms with van der Waals surface area (Å²) >= 11 is 0. The second kappa shape index (κ2) is 17.2. The molecule has 0 amide bonds. The van der Waals surface area contributed by atoms with Crippen LogP contribution in [0.3, 0.4) is 0 Å². The maximum atomic E-state index is 13.6. The van der Waals surface area contributed by atoms with Gasteiger partial charge in [-0.05, 0) is 40.3 Å². The van der Waals surface area contributed by atoms with E-state index in [0.717, 1.165) is 24.0 Å². The quantitative estimate of drug-likeness (QED) is 0.0633. The van der Waals surface area contributed by atoms with E-state index in [2.05, 4.69) is 15.3 Å². The molecule has 0 spiro atoms. The molecule has 8 unspecified atom stereocenters. The van der Waals surface area contributed by atoms with Gasteiger partial charge in [-0.2, -0.15) is 0 Å². The number of unbranched alkanes of at least 4 members (excludes halogenated alkanes) is 1. The van der Waals surface area contributed by atoms with E-state index < -0.39 is 73.1 Å². The summed E-state index contributed by atoms with van der Waals surface area (Å²) in [5.74, 6) is -0.360. The van der Waals surface area contributed by atoms with E-state index in [1.165, 1.54) is 23.9 Å². The van der Waals surface area contributed by atoms with Gasteiger partial charge in [-0.1, -0.05) is 6.42 Å². The van der Waals surface area contributed by atoms with Crippen molar-refractivity contribution in [3.05, 3.63) is 65.2 Å². The molecule has 2 aliphatic heterocycles. The number of aliphatic hydroxyl groups is 2. The standard InChI is InChI=1S/C29H46N5O13P/c1-17-10-33(28(39)31-26(17)37)24-8-20(21(13-36)46-24)44-16-43-15-22-23(9-25(47-22)34-11-18(2)27(38)32-29(34)40)48(41,42)45-14-19(12-35)6-4-5-7-30-3/h10-11,19-25,30,35-36H,4-9,12-16H2,1-3H3,(H,41,42)(H,31,37,39)(H,32,38,40). The lowest BCUT2D eigenvalue weighted by Gasteiger charge is -2.25. The molecule has 0 saturated carbocycles. The second-order valence-corrected chi connectivity index (χ2v) is 14.2. The molecule has 18 nitrogen and oxygen atoms in total. The van der Waals surface area contributed by atoms with Crippen LogP contribution in [0.4, 0.5) is 0 Å². The first-order valence-corrected chi connectivity index (χ1v) is 17.5. The molecule has 270 valence electrons. The highest BCUT2D eigenvalue weighted by atomic mass is 31.2. The fourth-order valence-corrected chi connectivity index (χ4v) is 7.40. The Labute approximate surface area is 275 Å². The van der Waals surface area contributed by atoms with Gasteiger partial charge in [0.05, 0.1) is 37.7 Å². The highest BCUT2D eigenvalue weighted by Gasteiger charge is 2.48. The monoisotopic (exact) mass is 703 g/mol. The van der Waals surface area contributed by atoms with E-state index >= 15 is 0 Å².